The molecule has 0 aliphatic carbocycles. The van der Waals surface area contributed by atoms with Gasteiger partial charge in [-0.15, -0.1) is 0 Å². The quantitative estimate of drug-likeness (QED) is 0.748. The Morgan fingerprint density at radius 1 is 1.33 bits per heavy atom. The number of halogens is 1. The van der Waals surface area contributed by atoms with E-state index in [1.807, 2.05) is 0 Å². The van der Waals surface area contributed by atoms with E-state index in [4.69, 9.17) is 9.84 Å². The second-order valence-corrected chi connectivity index (χ2v) is 5.83. The van der Waals surface area contributed by atoms with Crippen molar-refractivity contribution in [1.29, 1.82) is 0 Å². The molecule has 0 amide bonds. The third-order valence-corrected chi connectivity index (χ3v) is 4.41. The van der Waals surface area contributed by atoms with Gasteiger partial charge in [0.05, 0.1) is 22.8 Å². The number of hydrogen-bond donors (Lipinski definition) is 2. The molecule has 1 fully saturated rings. The zero-order chi connectivity index (χ0) is 16.8. The minimum atomic E-state index is -1.38. The molecular formula is C16H14FN3O4. The number of aromatic amines is 1. The molecule has 1 aromatic carbocycles. The summed E-state index contributed by atoms with van der Waals surface area (Å²) in [5.74, 6) is -1.46. The number of aromatic carboxylic acids is 1. The third kappa shape index (κ3) is 2.18. The molecule has 1 aliphatic rings. The lowest BCUT2D eigenvalue weighted by molar-refractivity contribution is 0.0692. The molecule has 0 bridgehead atoms. The third-order valence-electron chi connectivity index (χ3n) is 4.41. The van der Waals surface area contributed by atoms with Gasteiger partial charge in [-0.25, -0.2) is 14.2 Å². The van der Waals surface area contributed by atoms with E-state index in [9.17, 15) is 14.0 Å². The molecule has 8 heteroatoms. The lowest BCUT2D eigenvalue weighted by Gasteiger charge is -2.21. The Balaban J connectivity index is 2.04. The van der Waals surface area contributed by atoms with Crippen LogP contribution in [0, 0.1) is 5.82 Å². The van der Waals surface area contributed by atoms with Crippen molar-refractivity contribution in [1.82, 2.24) is 14.4 Å². The number of imidazole rings is 1. The summed E-state index contributed by atoms with van der Waals surface area (Å²) in [6, 6.07) is 2.27. The molecule has 2 aromatic heterocycles. The highest BCUT2D eigenvalue weighted by atomic mass is 19.1. The van der Waals surface area contributed by atoms with Gasteiger partial charge in [0.25, 0.3) is 5.56 Å². The van der Waals surface area contributed by atoms with Crippen molar-refractivity contribution in [2.45, 2.75) is 18.8 Å². The van der Waals surface area contributed by atoms with Crippen molar-refractivity contribution in [3.8, 4) is 0 Å². The van der Waals surface area contributed by atoms with Crippen molar-refractivity contribution < 1.29 is 19.0 Å². The van der Waals surface area contributed by atoms with Gasteiger partial charge in [0, 0.05) is 25.2 Å². The SMILES string of the molecule is O=C(O)c1cc2[nH]c(=O)c3cnc(C4CCOCC4)n3c2cc1F. The first kappa shape index (κ1) is 14.8. The van der Waals surface area contributed by atoms with Gasteiger partial charge in [0.2, 0.25) is 0 Å². The van der Waals surface area contributed by atoms with E-state index in [0.29, 0.717) is 30.1 Å². The van der Waals surface area contributed by atoms with Crippen LogP contribution in [0.3, 0.4) is 0 Å². The lowest BCUT2D eigenvalue weighted by Crippen LogP contribution is -2.18. The van der Waals surface area contributed by atoms with Gasteiger partial charge in [-0.05, 0) is 18.9 Å². The van der Waals surface area contributed by atoms with Gasteiger partial charge in [0.15, 0.2) is 0 Å². The maximum Gasteiger partial charge on any atom is 0.338 e. The summed E-state index contributed by atoms with van der Waals surface area (Å²) in [5.41, 5.74) is 0.0941. The number of fused-ring (bicyclic) bond motifs is 3. The van der Waals surface area contributed by atoms with E-state index in [1.54, 1.807) is 4.40 Å². The molecule has 3 heterocycles. The predicted octanol–water partition coefficient (Wildman–Crippen LogP) is 1.91. The molecule has 4 rings (SSSR count). The van der Waals surface area contributed by atoms with Crippen LogP contribution in [-0.2, 0) is 4.74 Å². The Bertz CT molecular complexity index is 1020. The number of carbonyl (C=O) groups is 1. The summed E-state index contributed by atoms with van der Waals surface area (Å²) in [6.45, 7) is 1.22. The number of carboxylic acids is 1. The van der Waals surface area contributed by atoms with Crippen LogP contribution in [0.15, 0.2) is 23.1 Å². The summed E-state index contributed by atoms with van der Waals surface area (Å²) in [5, 5.41) is 9.06. The Kier molecular flexibility index (Phi) is 3.34. The van der Waals surface area contributed by atoms with Crippen LogP contribution < -0.4 is 5.56 Å². The number of nitrogens with zero attached hydrogens (tertiary/aromatic N) is 2. The van der Waals surface area contributed by atoms with E-state index >= 15 is 0 Å². The van der Waals surface area contributed by atoms with Gasteiger partial charge < -0.3 is 14.8 Å². The molecule has 0 saturated carbocycles. The molecule has 0 spiro atoms. The first-order valence-corrected chi connectivity index (χ1v) is 7.60. The van der Waals surface area contributed by atoms with Gasteiger partial charge in [-0.2, -0.15) is 0 Å². The molecule has 0 atom stereocenters. The summed E-state index contributed by atoms with van der Waals surface area (Å²) >= 11 is 0. The summed E-state index contributed by atoms with van der Waals surface area (Å²) in [7, 11) is 0. The molecule has 0 unspecified atom stereocenters. The van der Waals surface area contributed by atoms with Crippen LogP contribution >= 0.6 is 0 Å². The fourth-order valence-electron chi connectivity index (χ4n) is 3.22. The first-order valence-electron chi connectivity index (χ1n) is 7.60. The molecule has 0 radical (unpaired) electrons. The van der Waals surface area contributed by atoms with Crippen molar-refractivity contribution in [2.24, 2.45) is 0 Å². The van der Waals surface area contributed by atoms with Crippen molar-refractivity contribution >= 4 is 22.5 Å². The molecule has 1 aliphatic heterocycles. The van der Waals surface area contributed by atoms with Crippen molar-refractivity contribution in [3.63, 3.8) is 0 Å². The molecule has 2 N–H and O–H groups in total. The van der Waals surface area contributed by atoms with Crippen LogP contribution in [0.1, 0.15) is 34.9 Å². The zero-order valence-corrected chi connectivity index (χ0v) is 12.6. The van der Waals surface area contributed by atoms with Crippen LogP contribution in [0.25, 0.3) is 16.6 Å². The minimum Gasteiger partial charge on any atom is -0.478 e. The van der Waals surface area contributed by atoms with Crippen LogP contribution in [0.5, 0.6) is 0 Å². The fraction of sp³-hybridized carbons (Fsp3) is 0.312. The van der Waals surface area contributed by atoms with Gasteiger partial charge in [0.1, 0.15) is 17.2 Å². The van der Waals surface area contributed by atoms with Crippen molar-refractivity contribution in [2.75, 3.05) is 13.2 Å². The highest BCUT2D eigenvalue weighted by molar-refractivity contribution is 5.93. The topological polar surface area (TPSA) is 96.7 Å². The highest BCUT2D eigenvalue weighted by Crippen LogP contribution is 2.28. The van der Waals surface area contributed by atoms with E-state index in [0.717, 1.165) is 25.0 Å². The van der Waals surface area contributed by atoms with Crippen LogP contribution in [0.4, 0.5) is 4.39 Å². The molecular weight excluding hydrogens is 317 g/mol. The van der Waals surface area contributed by atoms with Crippen LogP contribution in [-0.4, -0.2) is 38.7 Å². The Labute approximate surface area is 134 Å². The molecule has 3 aromatic rings. The predicted molar refractivity (Wildman–Crippen MR) is 83.0 cm³/mol. The maximum absolute atomic E-state index is 14.2. The second kappa shape index (κ2) is 5.41. The number of aromatic nitrogens is 3. The average molecular weight is 331 g/mol. The van der Waals surface area contributed by atoms with E-state index in [-0.39, 0.29) is 11.4 Å². The first-order chi connectivity index (χ1) is 11.6. The highest BCUT2D eigenvalue weighted by Gasteiger charge is 2.23. The fourth-order valence-corrected chi connectivity index (χ4v) is 3.22. The molecule has 24 heavy (non-hydrogen) atoms. The minimum absolute atomic E-state index is 0.105. The Morgan fingerprint density at radius 2 is 2.08 bits per heavy atom. The number of nitrogens with one attached hydrogen (secondary N) is 1. The molecule has 1 saturated heterocycles. The molecule has 124 valence electrons. The number of rotatable bonds is 2. The lowest BCUT2D eigenvalue weighted by atomic mass is 9.99. The van der Waals surface area contributed by atoms with Crippen molar-refractivity contribution in [3.05, 3.63) is 45.9 Å². The monoisotopic (exact) mass is 331 g/mol. The number of hydrogen-bond acceptors (Lipinski definition) is 4. The van der Waals surface area contributed by atoms with E-state index < -0.39 is 22.9 Å². The van der Waals surface area contributed by atoms with Gasteiger partial charge in [-0.3, -0.25) is 9.20 Å². The van der Waals surface area contributed by atoms with Gasteiger partial charge >= 0.3 is 5.97 Å². The largest absolute Gasteiger partial charge is 0.478 e. The summed E-state index contributed by atoms with van der Waals surface area (Å²) in [6.07, 6.45) is 3.00. The molecule has 7 nitrogen and oxygen atoms in total. The van der Waals surface area contributed by atoms with Crippen LogP contribution in [0.2, 0.25) is 0 Å². The average Bonchev–Trinajstić information content (AvgIpc) is 3.02. The smallest absolute Gasteiger partial charge is 0.338 e. The summed E-state index contributed by atoms with van der Waals surface area (Å²) < 4.78 is 21.1. The Morgan fingerprint density at radius 3 is 2.79 bits per heavy atom. The number of carboxylic acid groups (broad SMARTS) is 1. The van der Waals surface area contributed by atoms with Gasteiger partial charge in [-0.1, -0.05) is 0 Å². The maximum atomic E-state index is 14.2. The van der Waals surface area contributed by atoms with E-state index in [1.165, 1.54) is 6.20 Å². The van der Waals surface area contributed by atoms with E-state index in [2.05, 4.69) is 9.97 Å². The summed E-state index contributed by atoms with van der Waals surface area (Å²) in [4.78, 5) is 30.4. The second-order valence-electron chi connectivity index (χ2n) is 5.83. The number of benzene rings is 1. The Hall–Kier alpha value is -2.74. The standard InChI is InChI=1S/C16H14FN3O4/c17-10-6-12-11(5-9(10)16(22)23)19-15(21)13-7-18-14(20(12)13)8-1-3-24-4-2-8/h5-8H,1-4H2,(H,19,21)(H,22,23). The number of H-pyrrole nitrogens is 1. The number of ether oxygens (including phenoxy) is 1. The normalized spacial score (nSPS) is 16.0. The zero-order valence-electron chi connectivity index (χ0n) is 12.6.